The van der Waals surface area contributed by atoms with E-state index < -0.39 is 29.4 Å². The lowest BCUT2D eigenvalue weighted by molar-refractivity contribution is 0.0902. The lowest BCUT2D eigenvalue weighted by Gasteiger charge is -2.24. The van der Waals surface area contributed by atoms with Crippen LogP contribution in [0.3, 0.4) is 0 Å². The molecule has 3 aromatic rings. The highest BCUT2D eigenvalue weighted by atomic mass is 32.2. The third-order valence-electron chi connectivity index (χ3n) is 4.55. The van der Waals surface area contributed by atoms with Gasteiger partial charge in [-0.2, -0.15) is 0 Å². The van der Waals surface area contributed by atoms with E-state index in [1.54, 1.807) is 11.6 Å². The van der Waals surface area contributed by atoms with Crippen LogP contribution < -0.4 is 0 Å². The first-order valence-corrected chi connectivity index (χ1v) is 9.33. The molecule has 3 rings (SSSR count). The van der Waals surface area contributed by atoms with Gasteiger partial charge in [0.1, 0.15) is 24.1 Å². The molecule has 0 amide bonds. The van der Waals surface area contributed by atoms with E-state index in [4.69, 9.17) is 5.11 Å². The van der Waals surface area contributed by atoms with Gasteiger partial charge in [-0.15, -0.1) is 10.2 Å². The fourth-order valence-electron chi connectivity index (χ4n) is 2.93. The zero-order chi connectivity index (χ0) is 20.5. The van der Waals surface area contributed by atoms with Gasteiger partial charge in [-0.05, 0) is 43.3 Å². The van der Waals surface area contributed by atoms with Gasteiger partial charge in [0.2, 0.25) is 0 Å². The summed E-state index contributed by atoms with van der Waals surface area (Å²) >= 11 is 0.793. The van der Waals surface area contributed by atoms with Gasteiger partial charge in [0.25, 0.3) is 0 Å². The van der Waals surface area contributed by atoms with Crippen molar-refractivity contribution in [2.45, 2.75) is 29.3 Å². The number of ketones is 1. The normalized spacial score (nSPS) is 11.6. The van der Waals surface area contributed by atoms with Gasteiger partial charge in [-0.3, -0.25) is 4.79 Å². The number of benzene rings is 2. The Labute approximate surface area is 165 Å². The zero-order valence-electron chi connectivity index (χ0n) is 15.6. The molecule has 5 nitrogen and oxygen atoms in total. The maximum absolute atomic E-state index is 14.4. The standard InChI is InChI=1S/C20H19F2N3O2S/c1-20(2,13-7-5-4-6-8-13)18-23-24-19(25(18)3)28-17-14(21)9-12(10-15(17)22)16(27)11-26/h4-10,26H,11H2,1-3H3. The van der Waals surface area contributed by atoms with E-state index in [1.807, 2.05) is 44.2 Å². The van der Waals surface area contributed by atoms with E-state index in [-0.39, 0.29) is 10.5 Å². The Morgan fingerprint density at radius 2 is 1.75 bits per heavy atom. The van der Waals surface area contributed by atoms with Gasteiger partial charge >= 0.3 is 0 Å². The number of aliphatic hydroxyl groups excluding tert-OH is 1. The zero-order valence-corrected chi connectivity index (χ0v) is 16.4. The highest BCUT2D eigenvalue weighted by Crippen LogP contribution is 2.35. The second-order valence-corrected chi connectivity index (χ2v) is 7.79. The molecule has 0 saturated carbocycles. The molecule has 1 aromatic heterocycles. The summed E-state index contributed by atoms with van der Waals surface area (Å²) in [7, 11) is 1.74. The maximum atomic E-state index is 14.4. The minimum atomic E-state index is -0.895. The second kappa shape index (κ2) is 7.81. The Kier molecular flexibility index (Phi) is 5.62. The summed E-state index contributed by atoms with van der Waals surface area (Å²) in [5.74, 6) is -1.89. The number of hydrogen-bond acceptors (Lipinski definition) is 5. The fraction of sp³-hybridized carbons (Fsp3) is 0.250. The Morgan fingerprint density at radius 1 is 1.14 bits per heavy atom. The number of aliphatic hydroxyl groups is 1. The van der Waals surface area contributed by atoms with Crippen molar-refractivity contribution < 1.29 is 18.7 Å². The summed E-state index contributed by atoms with van der Waals surface area (Å²) < 4.78 is 30.5. The number of rotatable bonds is 6. The average Bonchev–Trinajstić information content (AvgIpc) is 3.05. The van der Waals surface area contributed by atoms with Gasteiger partial charge in [-0.25, -0.2) is 8.78 Å². The van der Waals surface area contributed by atoms with E-state index in [2.05, 4.69) is 10.2 Å². The minimum absolute atomic E-state index is 0.217. The van der Waals surface area contributed by atoms with Crippen molar-refractivity contribution in [3.63, 3.8) is 0 Å². The van der Waals surface area contributed by atoms with Gasteiger partial charge < -0.3 is 9.67 Å². The van der Waals surface area contributed by atoms with Crippen molar-refractivity contribution in [2.75, 3.05) is 6.61 Å². The van der Waals surface area contributed by atoms with Gasteiger partial charge in [-0.1, -0.05) is 30.3 Å². The van der Waals surface area contributed by atoms with Crippen molar-refractivity contribution in [2.24, 2.45) is 7.05 Å². The van der Waals surface area contributed by atoms with Crippen LogP contribution in [0.25, 0.3) is 0 Å². The summed E-state index contributed by atoms with van der Waals surface area (Å²) in [6, 6.07) is 11.6. The van der Waals surface area contributed by atoms with E-state index in [0.717, 1.165) is 29.5 Å². The van der Waals surface area contributed by atoms with Crippen molar-refractivity contribution in [1.29, 1.82) is 0 Å². The summed E-state index contributed by atoms with van der Waals surface area (Å²) in [6.45, 7) is 3.18. The first-order valence-electron chi connectivity index (χ1n) is 8.52. The van der Waals surface area contributed by atoms with Crippen LogP contribution in [-0.2, 0) is 12.5 Å². The van der Waals surface area contributed by atoms with Gasteiger partial charge in [0, 0.05) is 18.0 Å². The predicted molar refractivity (Wildman–Crippen MR) is 101 cm³/mol. The quantitative estimate of drug-likeness (QED) is 0.635. The molecular formula is C20H19F2N3O2S. The van der Waals surface area contributed by atoms with E-state index in [0.29, 0.717) is 11.0 Å². The second-order valence-electron chi connectivity index (χ2n) is 6.81. The number of Topliss-reactive ketones (excluding diaryl/α,β-unsaturated/α-hetero) is 1. The summed E-state index contributed by atoms with van der Waals surface area (Å²) in [5.41, 5.74) is 0.355. The molecule has 2 aromatic carbocycles. The number of carbonyl (C=O) groups is 1. The third kappa shape index (κ3) is 3.70. The largest absolute Gasteiger partial charge is 0.388 e. The number of aromatic nitrogens is 3. The van der Waals surface area contributed by atoms with Crippen molar-refractivity contribution in [3.05, 3.63) is 71.1 Å². The molecule has 1 N–H and O–H groups in total. The van der Waals surface area contributed by atoms with E-state index in [1.165, 1.54) is 0 Å². The first kappa shape index (κ1) is 20.2. The number of nitrogens with zero attached hydrogens (tertiary/aromatic N) is 3. The Bertz CT molecular complexity index is 997. The Balaban J connectivity index is 1.95. The average molecular weight is 403 g/mol. The molecule has 0 aliphatic rings. The molecular weight excluding hydrogens is 384 g/mol. The number of hydrogen-bond donors (Lipinski definition) is 1. The predicted octanol–water partition coefficient (Wildman–Crippen LogP) is 3.75. The highest BCUT2D eigenvalue weighted by Gasteiger charge is 2.30. The van der Waals surface area contributed by atoms with Crippen LogP contribution in [0.5, 0.6) is 0 Å². The fourth-order valence-corrected chi connectivity index (χ4v) is 3.73. The Morgan fingerprint density at radius 3 is 2.32 bits per heavy atom. The molecule has 146 valence electrons. The molecule has 0 saturated heterocycles. The topological polar surface area (TPSA) is 68.0 Å². The number of halogens is 2. The van der Waals surface area contributed by atoms with Gasteiger partial charge in [0.15, 0.2) is 10.9 Å². The van der Waals surface area contributed by atoms with Crippen molar-refractivity contribution in [3.8, 4) is 0 Å². The lowest BCUT2D eigenvalue weighted by Crippen LogP contribution is -2.23. The van der Waals surface area contributed by atoms with Crippen LogP contribution in [0.15, 0.2) is 52.5 Å². The van der Waals surface area contributed by atoms with Crippen LogP contribution >= 0.6 is 11.8 Å². The summed E-state index contributed by atoms with van der Waals surface area (Å²) in [4.78, 5) is 11.2. The summed E-state index contributed by atoms with van der Waals surface area (Å²) in [6.07, 6.45) is 0. The van der Waals surface area contributed by atoms with Crippen molar-refractivity contribution >= 4 is 17.5 Å². The molecule has 28 heavy (non-hydrogen) atoms. The Hall–Kier alpha value is -2.58. The smallest absolute Gasteiger partial charge is 0.196 e. The van der Waals surface area contributed by atoms with E-state index in [9.17, 15) is 13.6 Å². The molecule has 0 spiro atoms. The number of carbonyl (C=O) groups excluding carboxylic acids is 1. The minimum Gasteiger partial charge on any atom is -0.388 e. The third-order valence-corrected chi connectivity index (χ3v) is 5.68. The summed E-state index contributed by atoms with van der Waals surface area (Å²) in [5, 5.41) is 17.5. The molecule has 0 atom stereocenters. The van der Waals surface area contributed by atoms with Crippen LogP contribution in [0, 0.1) is 11.6 Å². The van der Waals surface area contributed by atoms with Crippen LogP contribution in [0.2, 0.25) is 0 Å². The molecule has 1 heterocycles. The highest BCUT2D eigenvalue weighted by molar-refractivity contribution is 7.99. The lowest BCUT2D eigenvalue weighted by atomic mass is 9.84. The molecule has 0 radical (unpaired) electrons. The molecule has 8 heteroatoms. The molecule has 0 aliphatic heterocycles. The van der Waals surface area contributed by atoms with Gasteiger partial charge in [0.05, 0.1) is 4.90 Å². The molecule has 0 fully saturated rings. The monoisotopic (exact) mass is 403 g/mol. The first-order chi connectivity index (χ1) is 13.3. The van der Waals surface area contributed by atoms with Crippen LogP contribution in [-0.4, -0.2) is 32.3 Å². The molecule has 0 bridgehead atoms. The molecule has 0 unspecified atom stereocenters. The molecule has 0 aliphatic carbocycles. The van der Waals surface area contributed by atoms with Crippen LogP contribution in [0.1, 0.15) is 35.6 Å². The SMILES string of the molecule is Cn1c(Sc2c(F)cc(C(=O)CO)cc2F)nnc1C(C)(C)c1ccccc1. The van der Waals surface area contributed by atoms with E-state index >= 15 is 0 Å². The maximum Gasteiger partial charge on any atom is 0.196 e. The van der Waals surface area contributed by atoms with Crippen LogP contribution in [0.4, 0.5) is 8.78 Å². The van der Waals surface area contributed by atoms with Crippen molar-refractivity contribution in [1.82, 2.24) is 14.8 Å².